The summed E-state index contributed by atoms with van der Waals surface area (Å²) in [5.74, 6) is -0.513. The Hall–Kier alpha value is -3.01. The van der Waals surface area contributed by atoms with Crippen molar-refractivity contribution in [1.29, 1.82) is 0 Å². The van der Waals surface area contributed by atoms with Gasteiger partial charge in [-0.1, -0.05) is 56.2 Å². The first-order chi connectivity index (χ1) is 15.5. The Kier molecular flexibility index (Phi) is 6.99. The van der Waals surface area contributed by atoms with Gasteiger partial charge in [0.1, 0.15) is 5.75 Å². The number of halogens is 2. The molecule has 166 valence electrons. The maximum absolute atomic E-state index is 13.5. The molecule has 0 unspecified atom stereocenters. The van der Waals surface area contributed by atoms with Crippen molar-refractivity contribution in [3.05, 3.63) is 89.5 Å². The second kappa shape index (κ2) is 10.1. The van der Waals surface area contributed by atoms with E-state index in [0.717, 1.165) is 36.5 Å². The van der Waals surface area contributed by atoms with Crippen LogP contribution in [0.25, 0.3) is 11.1 Å². The second-order valence-corrected chi connectivity index (χ2v) is 8.64. The van der Waals surface area contributed by atoms with E-state index in [1.807, 2.05) is 24.3 Å². The third kappa shape index (κ3) is 5.07. The van der Waals surface area contributed by atoms with Gasteiger partial charge in [-0.2, -0.15) is 0 Å². The molecule has 4 heteroatoms. The highest BCUT2D eigenvalue weighted by atomic mass is 19.2. The van der Waals surface area contributed by atoms with Crippen molar-refractivity contribution in [2.45, 2.75) is 51.4 Å². The average Bonchev–Trinajstić information content (AvgIpc) is 2.82. The van der Waals surface area contributed by atoms with Crippen LogP contribution >= 0.6 is 0 Å². The number of rotatable bonds is 6. The summed E-state index contributed by atoms with van der Waals surface area (Å²) in [6, 6.07) is 18.3. The number of carbonyl (C=O) groups is 1. The Morgan fingerprint density at radius 3 is 2.25 bits per heavy atom. The molecule has 0 heterocycles. The number of carbonyl (C=O) groups excluding carboxylic acids is 1. The van der Waals surface area contributed by atoms with Crippen molar-refractivity contribution in [2.24, 2.45) is 5.92 Å². The Morgan fingerprint density at radius 2 is 1.56 bits per heavy atom. The van der Waals surface area contributed by atoms with E-state index in [1.54, 1.807) is 24.3 Å². The zero-order valence-corrected chi connectivity index (χ0v) is 18.3. The molecule has 1 fully saturated rings. The lowest BCUT2D eigenvalue weighted by atomic mass is 9.76. The number of hydrogen-bond donors (Lipinski definition) is 0. The number of benzene rings is 3. The standard InChI is InChI=1S/C28H28F2O2/c1-2-5-19-8-10-21(11-9-19)24-6-3-4-7-25(24)28(31)32-23-15-12-20(13-16-23)22-14-17-26(29)27(30)18-22/h3-4,6-7,12-19,21H,2,5,8-11H2,1H3. The van der Waals surface area contributed by atoms with Crippen LogP contribution in [0, 0.1) is 17.6 Å². The first kappa shape index (κ1) is 22.2. The maximum Gasteiger partial charge on any atom is 0.343 e. The molecule has 1 saturated carbocycles. The number of esters is 1. The highest BCUT2D eigenvalue weighted by Gasteiger charge is 2.25. The zero-order valence-electron chi connectivity index (χ0n) is 18.3. The molecule has 0 radical (unpaired) electrons. The molecule has 4 rings (SSSR count). The predicted octanol–water partition coefficient (Wildman–Crippen LogP) is 7.92. The van der Waals surface area contributed by atoms with Crippen molar-refractivity contribution in [3.8, 4) is 16.9 Å². The lowest BCUT2D eigenvalue weighted by molar-refractivity contribution is 0.0732. The van der Waals surface area contributed by atoms with Gasteiger partial charge in [-0.05, 0) is 84.5 Å². The van der Waals surface area contributed by atoms with Gasteiger partial charge in [-0.15, -0.1) is 0 Å². The lowest BCUT2D eigenvalue weighted by Crippen LogP contribution is -2.17. The van der Waals surface area contributed by atoms with Gasteiger partial charge in [-0.3, -0.25) is 0 Å². The van der Waals surface area contributed by atoms with Crippen LogP contribution in [0.5, 0.6) is 5.75 Å². The second-order valence-electron chi connectivity index (χ2n) is 8.64. The van der Waals surface area contributed by atoms with Gasteiger partial charge in [0.15, 0.2) is 11.6 Å². The van der Waals surface area contributed by atoms with E-state index < -0.39 is 11.6 Å². The minimum absolute atomic E-state index is 0.364. The SMILES string of the molecule is CCCC1CCC(c2ccccc2C(=O)Oc2ccc(-c3ccc(F)c(F)c3)cc2)CC1. The minimum atomic E-state index is -0.890. The summed E-state index contributed by atoms with van der Waals surface area (Å²) in [7, 11) is 0. The lowest BCUT2D eigenvalue weighted by Gasteiger charge is -2.29. The first-order valence-electron chi connectivity index (χ1n) is 11.4. The number of ether oxygens (including phenoxy) is 1. The Bertz CT molecular complexity index is 1070. The fourth-order valence-corrected chi connectivity index (χ4v) is 4.76. The van der Waals surface area contributed by atoms with Crippen LogP contribution in [0.4, 0.5) is 8.78 Å². The summed E-state index contributed by atoms with van der Waals surface area (Å²) in [6.45, 7) is 2.24. The Morgan fingerprint density at radius 1 is 0.875 bits per heavy atom. The molecule has 0 spiro atoms. The highest BCUT2D eigenvalue weighted by Crippen LogP contribution is 2.39. The van der Waals surface area contributed by atoms with E-state index in [9.17, 15) is 13.6 Å². The number of hydrogen-bond acceptors (Lipinski definition) is 2. The van der Waals surface area contributed by atoms with E-state index in [4.69, 9.17) is 4.74 Å². The Balaban J connectivity index is 1.46. The quantitative estimate of drug-likeness (QED) is 0.291. The normalized spacial score (nSPS) is 18.3. The summed E-state index contributed by atoms with van der Waals surface area (Å²) in [6.07, 6.45) is 7.17. The molecule has 0 saturated heterocycles. The zero-order chi connectivity index (χ0) is 22.5. The summed E-state index contributed by atoms with van der Waals surface area (Å²) in [5, 5.41) is 0. The van der Waals surface area contributed by atoms with E-state index in [2.05, 4.69) is 6.92 Å². The van der Waals surface area contributed by atoms with E-state index in [-0.39, 0.29) is 5.97 Å². The molecule has 0 bridgehead atoms. The molecule has 0 aromatic heterocycles. The summed E-state index contributed by atoms with van der Waals surface area (Å²) in [5.41, 5.74) is 2.97. The maximum atomic E-state index is 13.5. The van der Waals surface area contributed by atoms with Crippen molar-refractivity contribution in [2.75, 3.05) is 0 Å². The molecular formula is C28H28F2O2. The fraction of sp³-hybridized carbons (Fsp3) is 0.321. The van der Waals surface area contributed by atoms with Crippen molar-refractivity contribution < 1.29 is 18.3 Å². The fourth-order valence-electron chi connectivity index (χ4n) is 4.76. The van der Waals surface area contributed by atoms with E-state index in [0.29, 0.717) is 28.4 Å². The smallest absolute Gasteiger partial charge is 0.343 e. The predicted molar refractivity (Wildman–Crippen MR) is 123 cm³/mol. The van der Waals surface area contributed by atoms with Crippen LogP contribution in [-0.2, 0) is 0 Å². The molecule has 3 aromatic carbocycles. The monoisotopic (exact) mass is 434 g/mol. The summed E-state index contributed by atoms with van der Waals surface area (Å²) < 4.78 is 32.3. The van der Waals surface area contributed by atoms with Crippen molar-refractivity contribution in [3.63, 3.8) is 0 Å². The van der Waals surface area contributed by atoms with E-state index >= 15 is 0 Å². The van der Waals surface area contributed by atoms with Gasteiger partial charge in [0, 0.05) is 0 Å². The largest absolute Gasteiger partial charge is 0.423 e. The van der Waals surface area contributed by atoms with Crippen LogP contribution < -0.4 is 4.74 Å². The molecule has 3 aromatic rings. The van der Waals surface area contributed by atoms with Gasteiger partial charge in [0.25, 0.3) is 0 Å². The van der Waals surface area contributed by atoms with Gasteiger partial charge in [0.05, 0.1) is 5.56 Å². The van der Waals surface area contributed by atoms with Gasteiger partial charge >= 0.3 is 5.97 Å². The third-order valence-electron chi connectivity index (χ3n) is 6.48. The highest BCUT2D eigenvalue weighted by molar-refractivity contribution is 5.93. The van der Waals surface area contributed by atoms with Crippen molar-refractivity contribution >= 4 is 5.97 Å². The molecule has 0 aliphatic heterocycles. The molecule has 0 atom stereocenters. The molecular weight excluding hydrogens is 406 g/mol. The molecule has 2 nitrogen and oxygen atoms in total. The molecule has 1 aliphatic carbocycles. The minimum Gasteiger partial charge on any atom is -0.423 e. The van der Waals surface area contributed by atoms with Crippen LogP contribution in [0.2, 0.25) is 0 Å². The summed E-state index contributed by atoms with van der Waals surface area (Å²) >= 11 is 0. The summed E-state index contributed by atoms with van der Waals surface area (Å²) in [4.78, 5) is 13.0. The van der Waals surface area contributed by atoms with Gasteiger partial charge in [-0.25, -0.2) is 13.6 Å². The van der Waals surface area contributed by atoms with Crippen LogP contribution in [0.15, 0.2) is 66.7 Å². The van der Waals surface area contributed by atoms with Gasteiger partial charge in [0.2, 0.25) is 0 Å². The van der Waals surface area contributed by atoms with Crippen LogP contribution in [0.1, 0.15) is 67.3 Å². The average molecular weight is 435 g/mol. The topological polar surface area (TPSA) is 26.3 Å². The molecule has 0 N–H and O–H groups in total. The molecule has 1 aliphatic rings. The molecule has 0 amide bonds. The first-order valence-corrected chi connectivity index (χ1v) is 11.4. The van der Waals surface area contributed by atoms with Crippen molar-refractivity contribution in [1.82, 2.24) is 0 Å². The van der Waals surface area contributed by atoms with E-state index in [1.165, 1.54) is 31.7 Å². The van der Waals surface area contributed by atoms with Crippen LogP contribution in [0.3, 0.4) is 0 Å². The third-order valence-corrected chi connectivity index (χ3v) is 6.48. The van der Waals surface area contributed by atoms with Crippen LogP contribution in [-0.4, -0.2) is 5.97 Å². The molecule has 32 heavy (non-hydrogen) atoms. The Labute approximate surface area is 188 Å². The van der Waals surface area contributed by atoms with Gasteiger partial charge < -0.3 is 4.74 Å².